The molecular formula is C15H21N5O2. The van der Waals surface area contributed by atoms with Crippen molar-refractivity contribution in [2.45, 2.75) is 45.9 Å². The number of aromatic nitrogens is 4. The van der Waals surface area contributed by atoms with Gasteiger partial charge in [0, 0.05) is 37.3 Å². The van der Waals surface area contributed by atoms with Crippen LogP contribution in [0.2, 0.25) is 0 Å². The van der Waals surface area contributed by atoms with Gasteiger partial charge in [0.2, 0.25) is 0 Å². The SMILES string of the molecule is Cc1nn(C)cc1CNC(=O)c1n[nH]c2c1C[C@@H](C)O[C@H]2C. The number of aromatic amines is 1. The van der Waals surface area contributed by atoms with Gasteiger partial charge in [-0.25, -0.2) is 0 Å². The molecule has 1 amide bonds. The van der Waals surface area contributed by atoms with Gasteiger partial charge in [0.05, 0.1) is 23.6 Å². The van der Waals surface area contributed by atoms with E-state index in [-0.39, 0.29) is 18.1 Å². The number of carbonyl (C=O) groups excluding carboxylic acids is 1. The van der Waals surface area contributed by atoms with E-state index in [0.717, 1.165) is 22.5 Å². The second-order valence-electron chi connectivity index (χ2n) is 5.85. The summed E-state index contributed by atoms with van der Waals surface area (Å²) in [6.07, 6.45) is 2.64. The van der Waals surface area contributed by atoms with Crippen molar-refractivity contribution in [3.8, 4) is 0 Å². The minimum Gasteiger partial charge on any atom is -0.369 e. The van der Waals surface area contributed by atoms with Crippen molar-refractivity contribution in [1.82, 2.24) is 25.3 Å². The zero-order chi connectivity index (χ0) is 15.9. The summed E-state index contributed by atoms with van der Waals surface area (Å²) < 4.78 is 7.48. The van der Waals surface area contributed by atoms with Crippen molar-refractivity contribution in [2.24, 2.45) is 7.05 Å². The summed E-state index contributed by atoms with van der Waals surface area (Å²) in [5.74, 6) is -0.165. The molecule has 0 bridgehead atoms. The molecule has 1 aliphatic rings. The average molecular weight is 303 g/mol. The number of ether oxygens (including phenoxy) is 1. The lowest BCUT2D eigenvalue weighted by Crippen LogP contribution is -2.27. The van der Waals surface area contributed by atoms with Crippen LogP contribution in [0.5, 0.6) is 0 Å². The summed E-state index contributed by atoms with van der Waals surface area (Å²) in [6, 6.07) is 0. The highest BCUT2D eigenvalue weighted by Gasteiger charge is 2.29. The van der Waals surface area contributed by atoms with Gasteiger partial charge in [-0.3, -0.25) is 14.6 Å². The highest BCUT2D eigenvalue weighted by Crippen LogP contribution is 2.30. The van der Waals surface area contributed by atoms with Crippen molar-refractivity contribution in [3.05, 3.63) is 34.4 Å². The zero-order valence-corrected chi connectivity index (χ0v) is 13.3. The lowest BCUT2D eigenvalue weighted by Gasteiger charge is -2.25. The fourth-order valence-corrected chi connectivity index (χ4v) is 2.94. The summed E-state index contributed by atoms with van der Waals surface area (Å²) in [7, 11) is 1.87. The molecule has 118 valence electrons. The summed E-state index contributed by atoms with van der Waals surface area (Å²) in [4.78, 5) is 12.4. The molecule has 0 aromatic carbocycles. The number of carbonyl (C=O) groups is 1. The van der Waals surface area contributed by atoms with Crippen LogP contribution in [0.1, 0.15) is 53.0 Å². The van der Waals surface area contributed by atoms with E-state index >= 15 is 0 Å². The second-order valence-corrected chi connectivity index (χ2v) is 5.85. The third-order valence-electron chi connectivity index (χ3n) is 4.00. The average Bonchev–Trinajstić information content (AvgIpc) is 2.99. The maximum Gasteiger partial charge on any atom is 0.272 e. The van der Waals surface area contributed by atoms with E-state index in [9.17, 15) is 4.79 Å². The first-order chi connectivity index (χ1) is 10.5. The van der Waals surface area contributed by atoms with Crippen LogP contribution in [0.15, 0.2) is 6.20 Å². The number of rotatable bonds is 3. The fraction of sp³-hybridized carbons (Fsp3) is 0.533. The molecule has 2 N–H and O–H groups in total. The molecule has 2 aromatic rings. The van der Waals surface area contributed by atoms with Gasteiger partial charge in [-0.15, -0.1) is 0 Å². The standard InChI is InChI=1S/C15H21N5O2/c1-8-5-12-13(10(3)22-8)17-18-14(12)15(21)16-6-11-7-20(4)19-9(11)2/h7-8,10H,5-6H2,1-4H3,(H,16,21)(H,17,18)/t8-,10+/m1/s1. The lowest BCUT2D eigenvalue weighted by atomic mass is 9.99. The van der Waals surface area contributed by atoms with Crippen molar-refractivity contribution < 1.29 is 9.53 Å². The first-order valence-corrected chi connectivity index (χ1v) is 7.45. The van der Waals surface area contributed by atoms with E-state index in [1.807, 2.05) is 34.0 Å². The fourth-order valence-electron chi connectivity index (χ4n) is 2.94. The summed E-state index contributed by atoms with van der Waals surface area (Å²) in [6.45, 7) is 6.35. The van der Waals surface area contributed by atoms with Crippen molar-refractivity contribution in [2.75, 3.05) is 0 Å². The van der Waals surface area contributed by atoms with Crippen LogP contribution in [0.4, 0.5) is 0 Å². The Morgan fingerprint density at radius 3 is 3.00 bits per heavy atom. The Balaban J connectivity index is 1.75. The molecule has 0 aliphatic carbocycles. The van der Waals surface area contributed by atoms with Gasteiger partial charge in [-0.2, -0.15) is 10.2 Å². The van der Waals surface area contributed by atoms with Gasteiger partial charge < -0.3 is 10.1 Å². The normalized spacial score (nSPS) is 20.7. The third-order valence-corrected chi connectivity index (χ3v) is 4.00. The predicted molar refractivity (Wildman–Crippen MR) is 80.4 cm³/mol. The maximum atomic E-state index is 12.4. The molecule has 2 aromatic heterocycles. The first-order valence-electron chi connectivity index (χ1n) is 7.45. The van der Waals surface area contributed by atoms with E-state index in [4.69, 9.17) is 4.74 Å². The molecular weight excluding hydrogens is 282 g/mol. The minimum atomic E-state index is -0.165. The molecule has 22 heavy (non-hydrogen) atoms. The number of aryl methyl sites for hydroxylation is 2. The molecule has 0 saturated carbocycles. The van der Waals surface area contributed by atoms with Crippen LogP contribution in [-0.4, -0.2) is 32.0 Å². The molecule has 0 fully saturated rings. The van der Waals surface area contributed by atoms with Gasteiger partial charge in [0.15, 0.2) is 5.69 Å². The van der Waals surface area contributed by atoms with Crippen LogP contribution >= 0.6 is 0 Å². The summed E-state index contributed by atoms with van der Waals surface area (Å²) in [5, 5.41) is 14.3. The maximum absolute atomic E-state index is 12.4. The quantitative estimate of drug-likeness (QED) is 0.897. The number of hydrogen-bond donors (Lipinski definition) is 2. The van der Waals surface area contributed by atoms with Crippen molar-refractivity contribution in [1.29, 1.82) is 0 Å². The van der Waals surface area contributed by atoms with E-state index in [0.29, 0.717) is 18.7 Å². The predicted octanol–water partition coefficient (Wildman–Crippen LogP) is 1.40. The molecule has 3 rings (SSSR count). The number of nitrogens with zero attached hydrogens (tertiary/aromatic N) is 3. The highest BCUT2D eigenvalue weighted by atomic mass is 16.5. The number of fused-ring (bicyclic) bond motifs is 1. The van der Waals surface area contributed by atoms with Crippen LogP contribution in [-0.2, 0) is 24.8 Å². The first kappa shape index (κ1) is 14.8. The van der Waals surface area contributed by atoms with E-state index in [1.54, 1.807) is 4.68 Å². The molecule has 7 nitrogen and oxygen atoms in total. The number of H-pyrrole nitrogens is 1. The topological polar surface area (TPSA) is 84.8 Å². The number of nitrogens with one attached hydrogen (secondary N) is 2. The van der Waals surface area contributed by atoms with Crippen molar-refractivity contribution in [3.63, 3.8) is 0 Å². The Morgan fingerprint density at radius 2 is 2.32 bits per heavy atom. The lowest BCUT2D eigenvalue weighted by molar-refractivity contribution is -0.00697. The van der Waals surface area contributed by atoms with E-state index in [2.05, 4.69) is 20.6 Å². The highest BCUT2D eigenvalue weighted by molar-refractivity contribution is 5.94. The van der Waals surface area contributed by atoms with Crippen LogP contribution in [0.3, 0.4) is 0 Å². The third kappa shape index (κ3) is 2.64. The molecule has 7 heteroatoms. The van der Waals surface area contributed by atoms with Crippen LogP contribution in [0.25, 0.3) is 0 Å². The Labute approximate surface area is 129 Å². The Morgan fingerprint density at radius 1 is 1.55 bits per heavy atom. The summed E-state index contributed by atoms with van der Waals surface area (Å²) >= 11 is 0. The van der Waals surface area contributed by atoms with Crippen molar-refractivity contribution >= 4 is 5.91 Å². The molecule has 0 spiro atoms. The second kappa shape index (κ2) is 5.57. The molecule has 3 heterocycles. The molecule has 2 atom stereocenters. The van der Waals surface area contributed by atoms with Gasteiger partial charge in [0.25, 0.3) is 5.91 Å². The zero-order valence-electron chi connectivity index (χ0n) is 13.3. The Bertz CT molecular complexity index is 703. The monoisotopic (exact) mass is 303 g/mol. The van der Waals surface area contributed by atoms with E-state index in [1.165, 1.54) is 0 Å². The van der Waals surface area contributed by atoms with Gasteiger partial charge in [-0.05, 0) is 20.8 Å². The Kier molecular flexibility index (Phi) is 3.74. The largest absolute Gasteiger partial charge is 0.369 e. The van der Waals surface area contributed by atoms with Gasteiger partial charge in [0.1, 0.15) is 0 Å². The van der Waals surface area contributed by atoms with Gasteiger partial charge in [-0.1, -0.05) is 0 Å². The molecule has 0 unspecified atom stereocenters. The molecule has 1 aliphatic heterocycles. The van der Waals surface area contributed by atoms with Crippen LogP contribution in [0, 0.1) is 6.92 Å². The number of hydrogen-bond acceptors (Lipinski definition) is 4. The Hall–Kier alpha value is -2.15. The van der Waals surface area contributed by atoms with E-state index < -0.39 is 0 Å². The minimum absolute atomic E-state index is 0.0617. The molecule has 0 radical (unpaired) electrons. The summed E-state index contributed by atoms with van der Waals surface area (Å²) in [5.41, 5.74) is 4.26. The molecule has 0 saturated heterocycles. The number of amides is 1. The van der Waals surface area contributed by atoms with Crippen LogP contribution < -0.4 is 5.32 Å². The van der Waals surface area contributed by atoms with Gasteiger partial charge >= 0.3 is 0 Å². The smallest absolute Gasteiger partial charge is 0.272 e.